The van der Waals surface area contributed by atoms with Gasteiger partial charge in [-0.25, -0.2) is 4.98 Å². The Balaban J connectivity index is 1.64. The quantitative estimate of drug-likeness (QED) is 0.782. The van der Waals surface area contributed by atoms with Gasteiger partial charge in [0.25, 0.3) is 0 Å². The van der Waals surface area contributed by atoms with E-state index in [1.54, 1.807) is 0 Å². The highest BCUT2D eigenvalue weighted by molar-refractivity contribution is 6.29. The largest absolute Gasteiger partial charge is 0.381 e. The van der Waals surface area contributed by atoms with Crippen LogP contribution in [0.25, 0.3) is 0 Å². The van der Waals surface area contributed by atoms with Crippen molar-refractivity contribution in [2.75, 3.05) is 33.4 Å². The van der Waals surface area contributed by atoms with Crippen LogP contribution in [-0.4, -0.2) is 49.3 Å². The monoisotopic (exact) mass is 350 g/mol. The average Bonchev–Trinajstić information content (AvgIpc) is 2.61. The highest BCUT2D eigenvalue weighted by Crippen LogP contribution is 2.52. The molecule has 0 radical (unpaired) electrons. The van der Waals surface area contributed by atoms with E-state index in [1.807, 2.05) is 19.4 Å². The van der Waals surface area contributed by atoms with Gasteiger partial charge in [0.15, 0.2) is 0 Å². The summed E-state index contributed by atoms with van der Waals surface area (Å²) in [4.78, 5) is 6.89. The van der Waals surface area contributed by atoms with E-state index in [-0.39, 0.29) is 5.60 Å². The number of ether oxygens (including phenoxy) is 2. The SMILES string of the molecule is COC1(c2ccnc(Cl)c2)C2CCCC1CN(C1CCOCC1)C2. The van der Waals surface area contributed by atoms with Gasteiger partial charge in [-0.05, 0) is 43.4 Å². The first-order chi connectivity index (χ1) is 11.7. The number of methoxy groups -OCH3 is 1. The Kier molecular flexibility index (Phi) is 4.83. The predicted molar refractivity (Wildman–Crippen MR) is 94.2 cm³/mol. The van der Waals surface area contributed by atoms with E-state index < -0.39 is 0 Å². The number of pyridine rings is 1. The number of rotatable bonds is 3. The first-order valence-electron chi connectivity index (χ1n) is 9.23. The number of halogens is 1. The van der Waals surface area contributed by atoms with E-state index in [4.69, 9.17) is 21.1 Å². The zero-order chi connectivity index (χ0) is 16.6. The predicted octanol–water partition coefficient (Wildman–Crippen LogP) is 3.49. The van der Waals surface area contributed by atoms with Crippen molar-refractivity contribution in [3.8, 4) is 0 Å². The minimum Gasteiger partial charge on any atom is -0.381 e. The van der Waals surface area contributed by atoms with Crippen LogP contribution in [0, 0.1) is 11.8 Å². The maximum Gasteiger partial charge on any atom is 0.129 e. The molecular weight excluding hydrogens is 324 g/mol. The van der Waals surface area contributed by atoms with Crippen LogP contribution in [-0.2, 0) is 15.1 Å². The maximum absolute atomic E-state index is 6.28. The molecule has 4 nitrogen and oxygen atoms in total. The summed E-state index contributed by atoms with van der Waals surface area (Å²) >= 11 is 6.20. The molecule has 3 heterocycles. The molecule has 4 rings (SSSR count). The summed E-state index contributed by atoms with van der Waals surface area (Å²) in [5.74, 6) is 1.05. The summed E-state index contributed by atoms with van der Waals surface area (Å²) in [7, 11) is 1.88. The van der Waals surface area contributed by atoms with E-state index in [2.05, 4.69) is 16.0 Å². The highest BCUT2D eigenvalue weighted by atomic mass is 35.5. The zero-order valence-electron chi connectivity index (χ0n) is 14.4. The lowest BCUT2D eigenvalue weighted by Gasteiger charge is -2.57. The molecule has 2 atom stereocenters. The number of hydrogen-bond acceptors (Lipinski definition) is 4. The molecule has 2 saturated heterocycles. The van der Waals surface area contributed by atoms with Gasteiger partial charge in [-0.3, -0.25) is 4.90 Å². The van der Waals surface area contributed by atoms with Crippen molar-refractivity contribution in [2.24, 2.45) is 11.8 Å². The van der Waals surface area contributed by atoms with Crippen molar-refractivity contribution in [1.82, 2.24) is 9.88 Å². The second kappa shape index (κ2) is 6.91. The summed E-state index contributed by atoms with van der Waals surface area (Å²) in [6.07, 6.45) is 7.91. The molecular formula is C19H27ClN2O2. The van der Waals surface area contributed by atoms with Gasteiger partial charge in [0, 0.05) is 57.5 Å². The first-order valence-corrected chi connectivity index (χ1v) is 9.61. The molecule has 2 unspecified atom stereocenters. The molecule has 0 amide bonds. The summed E-state index contributed by atoms with van der Waals surface area (Å²) < 4.78 is 11.8. The Morgan fingerprint density at radius 2 is 1.92 bits per heavy atom. The van der Waals surface area contributed by atoms with Gasteiger partial charge >= 0.3 is 0 Å². The van der Waals surface area contributed by atoms with Crippen LogP contribution in [0.5, 0.6) is 0 Å². The molecule has 132 valence electrons. The molecule has 5 heteroatoms. The van der Waals surface area contributed by atoms with Crippen LogP contribution < -0.4 is 0 Å². The lowest BCUT2D eigenvalue weighted by Crippen LogP contribution is -2.61. The van der Waals surface area contributed by atoms with Crippen molar-refractivity contribution in [3.63, 3.8) is 0 Å². The molecule has 2 aliphatic heterocycles. The molecule has 2 bridgehead atoms. The molecule has 1 aliphatic carbocycles. The van der Waals surface area contributed by atoms with Crippen LogP contribution >= 0.6 is 11.6 Å². The molecule has 1 aromatic rings. The number of aromatic nitrogens is 1. The number of hydrogen-bond donors (Lipinski definition) is 0. The van der Waals surface area contributed by atoms with Crippen molar-refractivity contribution in [3.05, 3.63) is 29.0 Å². The fraction of sp³-hybridized carbons (Fsp3) is 0.737. The van der Waals surface area contributed by atoms with Crippen LogP contribution in [0.2, 0.25) is 5.15 Å². The third-order valence-corrected chi connectivity index (χ3v) is 6.66. The molecule has 0 spiro atoms. The van der Waals surface area contributed by atoms with Gasteiger partial charge in [-0.1, -0.05) is 18.0 Å². The molecule has 3 fully saturated rings. The smallest absolute Gasteiger partial charge is 0.129 e. The fourth-order valence-electron chi connectivity index (χ4n) is 5.38. The maximum atomic E-state index is 6.28. The van der Waals surface area contributed by atoms with Crippen molar-refractivity contribution >= 4 is 11.6 Å². The average molecular weight is 351 g/mol. The second-order valence-electron chi connectivity index (χ2n) is 7.49. The van der Waals surface area contributed by atoms with Crippen molar-refractivity contribution in [2.45, 2.75) is 43.7 Å². The molecule has 3 aliphatic rings. The van der Waals surface area contributed by atoms with Gasteiger partial charge < -0.3 is 9.47 Å². The topological polar surface area (TPSA) is 34.6 Å². The van der Waals surface area contributed by atoms with E-state index in [0.717, 1.165) is 26.3 Å². The van der Waals surface area contributed by atoms with Crippen molar-refractivity contribution < 1.29 is 9.47 Å². The molecule has 1 saturated carbocycles. The molecule has 0 aromatic carbocycles. The summed E-state index contributed by atoms with van der Waals surface area (Å²) in [5.41, 5.74) is 1.01. The van der Waals surface area contributed by atoms with Gasteiger partial charge in [-0.2, -0.15) is 0 Å². The summed E-state index contributed by atoms with van der Waals surface area (Å²) in [5, 5.41) is 0.564. The van der Waals surface area contributed by atoms with Crippen LogP contribution in [0.3, 0.4) is 0 Å². The van der Waals surface area contributed by atoms with Crippen LogP contribution in [0.1, 0.15) is 37.7 Å². The van der Waals surface area contributed by atoms with E-state index in [1.165, 1.54) is 37.7 Å². The zero-order valence-corrected chi connectivity index (χ0v) is 15.2. The Morgan fingerprint density at radius 1 is 1.21 bits per heavy atom. The third-order valence-electron chi connectivity index (χ3n) is 6.45. The Hall–Kier alpha value is -0.680. The Morgan fingerprint density at radius 3 is 2.54 bits per heavy atom. The lowest BCUT2D eigenvalue weighted by molar-refractivity contribution is -0.177. The second-order valence-corrected chi connectivity index (χ2v) is 7.87. The van der Waals surface area contributed by atoms with E-state index >= 15 is 0 Å². The third kappa shape index (κ3) is 2.78. The molecule has 1 aromatic heterocycles. The first kappa shape index (κ1) is 16.8. The summed E-state index contributed by atoms with van der Waals surface area (Å²) in [6.45, 7) is 4.06. The van der Waals surface area contributed by atoms with E-state index in [0.29, 0.717) is 23.0 Å². The molecule has 24 heavy (non-hydrogen) atoms. The highest BCUT2D eigenvalue weighted by Gasteiger charge is 2.54. The number of fused-ring (bicyclic) bond motifs is 2. The number of piperidine rings is 1. The van der Waals surface area contributed by atoms with Gasteiger partial charge in [0.2, 0.25) is 0 Å². The van der Waals surface area contributed by atoms with E-state index in [9.17, 15) is 0 Å². The van der Waals surface area contributed by atoms with Gasteiger partial charge in [0.05, 0.1) is 0 Å². The lowest BCUT2D eigenvalue weighted by atomic mass is 9.62. The van der Waals surface area contributed by atoms with Crippen LogP contribution in [0.15, 0.2) is 18.3 Å². The normalized spacial score (nSPS) is 35.1. The van der Waals surface area contributed by atoms with Crippen LogP contribution in [0.4, 0.5) is 0 Å². The minimum absolute atomic E-state index is 0.202. The standard InChI is InChI=1S/C19H27ClN2O2/c1-23-19(14-5-8-21-18(20)11-14)15-3-2-4-16(19)13-22(12-15)17-6-9-24-10-7-17/h5,8,11,15-17H,2-4,6-7,9-10,12-13H2,1H3. The number of likely N-dealkylation sites (tertiary alicyclic amines) is 1. The summed E-state index contributed by atoms with van der Waals surface area (Å²) in [6, 6.07) is 4.79. The minimum atomic E-state index is -0.202. The van der Waals surface area contributed by atoms with Crippen molar-refractivity contribution in [1.29, 1.82) is 0 Å². The van der Waals surface area contributed by atoms with Gasteiger partial charge in [-0.15, -0.1) is 0 Å². The number of nitrogens with zero attached hydrogens (tertiary/aromatic N) is 2. The molecule has 0 N–H and O–H groups in total. The Labute approximate surface area is 149 Å². The van der Waals surface area contributed by atoms with Gasteiger partial charge in [0.1, 0.15) is 10.8 Å². The fourth-order valence-corrected chi connectivity index (χ4v) is 5.56. The Bertz CT molecular complexity index is 562.